The standard InChI is InChI=1S/C40H51N14O22P3/c1-17-7-51(39(59)49-37(17)57)27-3-19(56)24(71-27)10-67-77(61,62)76-22-6-30(54-16-48-32-34(42)44-14-46-36(32)54)73-26(22)12-69-79(65,66)75-21-5-28(52-8-18(2)38(58)50-40(52)60)72-25(21)11-68-78(63,64)74-20-4-29(70-23(20)9-55)53-15-47-31-33(41)43-13-45-35(31)53/h7-8,13-16,19-30,55-56H,3-6,9-12H2,1-2H3,(H,61,62)(H,63,64)(H,65,66)(H2,41,43,45)(H2,42,44,46)(H,49,57,59)(H,50,58,60)/t19-,20-,21-,22-,23+,24+,25+,26+,27+,28+,29+,30+/m0/s1. The second kappa shape index (κ2) is 22.2. The second-order valence-corrected chi connectivity index (χ2v) is 22.8. The first-order valence-electron chi connectivity index (χ1n) is 23.8. The van der Waals surface area contributed by atoms with Crippen LogP contribution in [0.2, 0.25) is 0 Å². The first-order chi connectivity index (χ1) is 37.4. The van der Waals surface area contributed by atoms with E-state index in [9.17, 15) is 57.8 Å². The lowest BCUT2D eigenvalue weighted by Gasteiger charge is -2.25. The van der Waals surface area contributed by atoms with Crippen molar-refractivity contribution in [3.8, 4) is 0 Å². The largest absolute Gasteiger partial charge is 0.472 e. The van der Waals surface area contributed by atoms with Gasteiger partial charge in [-0.05, 0) is 13.8 Å². The van der Waals surface area contributed by atoms with Gasteiger partial charge in [0.05, 0.1) is 45.2 Å². The van der Waals surface area contributed by atoms with Gasteiger partial charge in [-0.25, -0.2) is 53.2 Å². The highest BCUT2D eigenvalue weighted by molar-refractivity contribution is 7.48. The number of aliphatic hydroxyl groups excluding tert-OH is 2. The fourth-order valence-corrected chi connectivity index (χ4v) is 12.2. The maximum absolute atomic E-state index is 14.0. The van der Waals surface area contributed by atoms with Crippen LogP contribution in [0.5, 0.6) is 0 Å². The highest BCUT2D eigenvalue weighted by Gasteiger charge is 2.48. The van der Waals surface area contributed by atoms with Crippen LogP contribution in [0.1, 0.15) is 61.7 Å². The number of hydrogen-bond donors (Lipinski definition) is 9. The molecule has 0 saturated carbocycles. The zero-order valence-corrected chi connectivity index (χ0v) is 43.9. The van der Waals surface area contributed by atoms with E-state index in [1.165, 1.54) is 48.2 Å². The number of H-pyrrole nitrogens is 2. The fraction of sp³-hybridized carbons (Fsp3) is 0.550. The topological polar surface area (TPSA) is 494 Å². The third-order valence-electron chi connectivity index (χ3n) is 13.2. The molecule has 4 aliphatic heterocycles. The van der Waals surface area contributed by atoms with Gasteiger partial charge >= 0.3 is 34.8 Å². The SMILES string of the molecule is Cc1cn([C@H]2C[C@H](OP(=O)(O)OC[C@H]3O[C@@H](n4cnc5c(N)ncnc54)C[C@@H]3OP(=O)(O)OC[C@H]3O[C@@H](n4cc(C)c(=O)[nH]c4=O)C[C@@H]3O)[C@@H](COP(=O)(O)O[C@H]3C[C@H](n4cnc5c(N)ncnc54)O[C@@H]3CO)O2)c(=O)[nH]c1=O. The predicted molar refractivity (Wildman–Crippen MR) is 261 cm³/mol. The Bertz CT molecular complexity index is 3650. The van der Waals surface area contributed by atoms with Crippen molar-refractivity contribution in [3.05, 3.63) is 90.5 Å². The average Bonchev–Trinajstić information content (AvgIpc) is 4.45. The number of rotatable bonds is 20. The van der Waals surface area contributed by atoms with E-state index in [0.717, 1.165) is 21.7 Å². The first-order valence-corrected chi connectivity index (χ1v) is 28.3. The van der Waals surface area contributed by atoms with Crippen molar-refractivity contribution in [3.63, 3.8) is 0 Å². The molecule has 6 aromatic heterocycles. The summed E-state index contributed by atoms with van der Waals surface area (Å²) in [5.74, 6) is 0.0882. The molecule has 10 rings (SSSR count). The van der Waals surface area contributed by atoms with Crippen molar-refractivity contribution < 1.29 is 84.7 Å². The summed E-state index contributed by atoms with van der Waals surface area (Å²) in [5, 5.41) is 20.9. The van der Waals surface area contributed by atoms with Crippen molar-refractivity contribution in [2.45, 2.75) is 113 Å². The molecule has 0 bridgehead atoms. The summed E-state index contributed by atoms with van der Waals surface area (Å²) >= 11 is 0. The van der Waals surface area contributed by atoms with Gasteiger partial charge in [-0.3, -0.25) is 65.0 Å². The molecular formula is C40H51N14O22P3. The van der Waals surface area contributed by atoms with E-state index in [1.807, 2.05) is 0 Å². The van der Waals surface area contributed by atoms with E-state index in [2.05, 4.69) is 39.9 Å². The lowest BCUT2D eigenvalue weighted by Crippen LogP contribution is -2.33. The van der Waals surface area contributed by atoms with Gasteiger partial charge in [-0.1, -0.05) is 0 Å². The summed E-state index contributed by atoms with van der Waals surface area (Å²) in [7, 11) is -15.7. The molecule has 4 fully saturated rings. The Hall–Kier alpha value is -5.85. The molecule has 6 aromatic rings. The van der Waals surface area contributed by atoms with Crippen molar-refractivity contribution in [2.24, 2.45) is 0 Å². The van der Waals surface area contributed by atoms with Crippen LogP contribution in [0.25, 0.3) is 22.3 Å². The van der Waals surface area contributed by atoms with Gasteiger partial charge < -0.3 is 55.3 Å². The molecule has 0 aromatic carbocycles. The number of hydrogen-bond acceptors (Lipinski definition) is 27. The number of fused-ring (bicyclic) bond motifs is 2. The summed E-state index contributed by atoms with van der Waals surface area (Å²) in [5.41, 5.74) is 9.85. The van der Waals surface area contributed by atoms with Crippen LogP contribution < -0.4 is 34.0 Å². The van der Waals surface area contributed by atoms with Gasteiger partial charge in [0, 0.05) is 49.2 Å². The van der Waals surface area contributed by atoms with E-state index >= 15 is 0 Å². The molecule has 39 heteroatoms. The van der Waals surface area contributed by atoms with E-state index in [1.54, 1.807) is 0 Å². The number of ether oxygens (including phenoxy) is 4. The Morgan fingerprint density at radius 1 is 0.570 bits per heavy atom. The number of phosphoric ester groups is 3. The fourth-order valence-electron chi connectivity index (χ4n) is 9.32. The van der Waals surface area contributed by atoms with Crippen LogP contribution in [-0.2, 0) is 59.8 Å². The number of aromatic amines is 2. The molecule has 79 heavy (non-hydrogen) atoms. The van der Waals surface area contributed by atoms with E-state index < -0.39 is 153 Å². The minimum absolute atomic E-state index is 0.00661. The second-order valence-electron chi connectivity index (χ2n) is 18.6. The number of nitrogens with one attached hydrogen (secondary N) is 2. The Kier molecular flexibility index (Phi) is 15.9. The smallest absolute Gasteiger partial charge is 0.394 e. The lowest BCUT2D eigenvalue weighted by molar-refractivity contribution is -0.0631. The van der Waals surface area contributed by atoms with Gasteiger partial charge in [0.15, 0.2) is 22.9 Å². The third kappa shape index (κ3) is 12.1. The molecule has 4 saturated heterocycles. The highest BCUT2D eigenvalue weighted by atomic mass is 31.2. The zero-order chi connectivity index (χ0) is 56.3. The summed E-state index contributed by atoms with van der Waals surface area (Å²) in [4.78, 5) is 112. The van der Waals surface area contributed by atoms with Gasteiger partial charge in [0.25, 0.3) is 11.1 Å². The van der Waals surface area contributed by atoms with Crippen molar-refractivity contribution in [1.29, 1.82) is 0 Å². The number of anilines is 2. The molecule has 0 radical (unpaired) electrons. The average molecular weight is 1170 g/mol. The maximum Gasteiger partial charge on any atom is 0.472 e. The van der Waals surface area contributed by atoms with Crippen LogP contribution in [-0.4, -0.2) is 158 Å². The number of phosphoric acid groups is 3. The van der Waals surface area contributed by atoms with Gasteiger partial charge in [-0.2, -0.15) is 0 Å². The third-order valence-corrected chi connectivity index (χ3v) is 16.3. The lowest BCUT2D eigenvalue weighted by atomic mass is 10.2. The Morgan fingerprint density at radius 3 is 1.37 bits per heavy atom. The molecule has 0 amide bonds. The minimum Gasteiger partial charge on any atom is -0.394 e. The molecule has 36 nitrogen and oxygen atoms in total. The summed E-state index contributed by atoms with van der Waals surface area (Å²) in [6.45, 7) is -0.410. The number of imidazole rings is 2. The molecule has 3 unspecified atom stereocenters. The quantitative estimate of drug-likeness (QED) is 0.0395. The predicted octanol–water partition coefficient (Wildman–Crippen LogP) is -1.44. The summed E-state index contributed by atoms with van der Waals surface area (Å²) in [6, 6.07) is 0. The molecule has 4 aliphatic rings. The number of nitrogens with two attached hydrogens (primary N) is 2. The minimum atomic E-state index is -5.36. The van der Waals surface area contributed by atoms with Crippen LogP contribution in [0, 0.1) is 13.8 Å². The first kappa shape index (κ1) is 56.4. The summed E-state index contributed by atoms with van der Waals surface area (Å²) < 4.78 is 102. The van der Waals surface area contributed by atoms with Crippen molar-refractivity contribution in [2.75, 3.05) is 37.9 Å². The van der Waals surface area contributed by atoms with Crippen LogP contribution >= 0.6 is 23.5 Å². The van der Waals surface area contributed by atoms with Crippen molar-refractivity contribution >= 4 is 57.4 Å². The number of aromatic nitrogens is 12. The van der Waals surface area contributed by atoms with Crippen molar-refractivity contribution in [1.82, 2.24) is 58.1 Å². The molecule has 15 atom stereocenters. The van der Waals surface area contributed by atoms with Crippen LogP contribution in [0.4, 0.5) is 11.6 Å². The monoisotopic (exact) mass is 1170 g/mol. The van der Waals surface area contributed by atoms with E-state index in [-0.39, 0.29) is 64.4 Å². The van der Waals surface area contributed by atoms with E-state index in [0.29, 0.717) is 0 Å². The maximum atomic E-state index is 14.0. The Morgan fingerprint density at radius 2 is 0.937 bits per heavy atom. The van der Waals surface area contributed by atoms with E-state index in [4.69, 9.17) is 57.6 Å². The van der Waals surface area contributed by atoms with Crippen LogP contribution in [0.3, 0.4) is 0 Å². The zero-order valence-electron chi connectivity index (χ0n) is 41.2. The number of aryl methyl sites for hydroxylation is 2. The molecule has 0 spiro atoms. The normalized spacial score (nSPS) is 29.6. The number of nitrogen functional groups attached to an aromatic ring is 2. The van der Waals surface area contributed by atoms with Gasteiger partial charge in [0.1, 0.15) is 91.3 Å². The molecule has 10 heterocycles. The van der Waals surface area contributed by atoms with Gasteiger partial charge in [0.2, 0.25) is 0 Å². The number of nitrogens with zero attached hydrogens (tertiary/aromatic N) is 10. The highest BCUT2D eigenvalue weighted by Crippen LogP contribution is 2.54. The Labute approximate surface area is 441 Å². The Balaban J connectivity index is 0.829. The van der Waals surface area contributed by atoms with Crippen LogP contribution in [0.15, 0.2) is 56.9 Å². The molecule has 428 valence electrons. The molecule has 11 N–H and O–H groups in total. The van der Waals surface area contributed by atoms with Gasteiger partial charge in [-0.15, -0.1) is 0 Å². The summed E-state index contributed by atoms with van der Waals surface area (Å²) in [6.07, 6.45) is -9.41. The molecular weight excluding hydrogens is 1120 g/mol. The molecule has 0 aliphatic carbocycles. The number of aliphatic hydroxyl groups is 2.